The minimum Gasteiger partial charge on any atom is -0.497 e. The van der Waals surface area contributed by atoms with Crippen LogP contribution >= 0.6 is 27.7 Å². The molecule has 0 aliphatic heterocycles. The topological polar surface area (TPSA) is 65.7 Å². The fourth-order valence-electron chi connectivity index (χ4n) is 2.85. The van der Waals surface area contributed by atoms with E-state index in [1.165, 1.54) is 11.8 Å². The van der Waals surface area contributed by atoms with Gasteiger partial charge in [-0.15, -0.1) is 0 Å². The van der Waals surface area contributed by atoms with Crippen molar-refractivity contribution in [2.75, 3.05) is 20.0 Å². The number of hydrogen-bond acceptors (Lipinski definition) is 6. The third-order valence-electron chi connectivity index (χ3n) is 4.23. The van der Waals surface area contributed by atoms with Crippen molar-refractivity contribution >= 4 is 39.4 Å². The van der Waals surface area contributed by atoms with Crippen molar-refractivity contribution in [1.82, 2.24) is 0 Å². The maximum Gasteiger partial charge on any atom is 0.342 e. The Labute approximate surface area is 181 Å². The van der Waals surface area contributed by atoms with Crippen molar-refractivity contribution in [1.29, 1.82) is 0 Å². The second kappa shape index (κ2) is 9.33. The standard InChI is InChI=1S/C22H19BrO5S/c1-4-27-21(25)18-17(19(24)13-7-11-16(26-2)12-8-13)22(29-3)28-20(18)14-5-9-15(23)10-6-14/h5-12H,4H2,1-3H3. The molecule has 1 aromatic heterocycles. The molecule has 0 radical (unpaired) electrons. The van der Waals surface area contributed by atoms with Gasteiger partial charge in [0.1, 0.15) is 11.3 Å². The molecule has 0 saturated heterocycles. The maximum atomic E-state index is 13.3. The first-order valence-corrected chi connectivity index (χ1v) is 10.8. The lowest BCUT2D eigenvalue weighted by atomic mass is 9.98. The molecule has 0 atom stereocenters. The zero-order chi connectivity index (χ0) is 21.0. The van der Waals surface area contributed by atoms with Crippen LogP contribution in [0.3, 0.4) is 0 Å². The summed E-state index contributed by atoms with van der Waals surface area (Å²) in [6, 6.07) is 14.0. The Morgan fingerprint density at radius 3 is 2.24 bits per heavy atom. The summed E-state index contributed by atoms with van der Waals surface area (Å²) >= 11 is 4.66. The molecule has 7 heteroatoms. The highest BCUT2D eigenvalue weighted by Crippen LogP contribution is 2.38. The predicted molar refractivity (Wildman–Crippen MR) is 116 cm³/mol. The van der Waals surface area contributed by atoms with Gasteiger partial charge < -0.3 is 13.9 Å². The van der Waals surface area contributed by atoms with Crippen molar-refractivity contribution in [3.05, 3.63) is 69.7 Å². The summed E-state index contributed by atoms with van der Waals surface area (Å²) in [5.74, 6) is 0.0515. The molecule has 29 heavy (non-hydrogen) atoms. The van der Waals surface area contributed by atoms with E-state index in [1.54, 1.807) is 44.6 Å². The molecular formula is C22H19BrO5S. The second-order valence-corrected chi connectivity index (χ2v) is 7.65. The van der Waals surface area contributed by atoms with Gasteiger partial charge in [0, 0.05) is 15.6 Å². The Morgan fingerprint density at radius 2 is 1.69 bits per heavy atom. The number of methoxy groups -OCH3 is 1. The lowest BCUT2D eigenvalue weighted by Crippen LogP contribution is -2.12. The number of carbonyl (C=O) groups is 2. The van der Waals surface area contributed by atoms with E-state index in [0.29, 0.717) is 27.7 Å². The van der Waals surface area contributed by atoms with E-state index >= 15 is 0 Å². The summed E-state index contributed by atoms with van der Waals surface area (Å²) < 4.78 is 17.3. The second-order valence-electron chi connectivity index (χ2n) is 5.96. The molecular weight excluding hydrogens is 456 g/mol. The molecule has 0 N–H and O–H groups in total. The molecule has 0 saturated carbocycles. The van der Waals surface area contributed by atoms with E-state index in [-0.39, 0.29) is 23.5 Å². The van der Waals surface area contributed by atoms with Crippen LogP contribution in [0.15, 0.2) is 62.5 Å². The number of halogens is 1. The number of ketones is 1. The molecule has 3 rings (SSSR count). The Bertz CT molecular complexity index is 1020. The number of rotatable bonds is 7. The number of thioether (sulfide) groups is 1. The summed E-state index contributed by atoms with van der Waals surface area (Å²) in [6.45, 7) is 1.91. The summed E-state index contributed by atoms with van der Waals surface area (Å²) in [5.41, 5.74) is 1.45. The molecule has 0 amide bonds. The van der Waals surface area contributed by atoms with Crippen LogP contribution in [0.5, 0.6) is 5.75 Å². The average Bonchev–Trinajstić information content (AvgIpc) is 3.13. The minimum absolute atomic E-state index is 0.138. The SMILES string of the molecule is CCOC(=O)c1c(-c2ccc(Br)cc2)oc(SC)c1C(=O)c1ccc(OC)cc1. The molecule has 2 aromatic carbocycles. The third-order valence-corrected chi connectivity index (χ3v) is 5.41. The van der Waals surface area contributed by atoms with Crippen molar-refractivity contribution < 1.29 is 23.5 Å². The molecule has 3 aromatic rings. The maximum absolute atomic E-state index is 13.3. The zero-order valence-corrected chi connectivity index (χ0v) is 18.6. The predicted octanol–water partition coefficient (Wildman–Crippen LogP) is 5.85. The van der Waals surface area contributed by atoms with E-state index in [0.717, 1.165) is 4.47 Å². The van der Waals surface area contributed by atoms with Crippen molar-refractivity contribution in [2.24, 2.45) is 0 Å². The van der Waals surface area contributed by atoms with Gasteiger partial charge in [-0.1, -0.05) is 39.8 Å². The molecule has 0 unspecified atom stereocenters. The molecule has 5 nitrogen and oxygen atoms in total. The highest BCUT2D eigenvalue weighted by atomic mass is 79.9. The number of benzene rings is 2. The zero-order valence-electron chi connectivity index (χ0n) is 16.2. The van der Waals surface area contributed by atoms with Gasteiger partial charge in [0.25, 0.3) is 0 Å². The van der Waals surface area contributed by atoms with Crippen LogP contribution in [0.1, 0.15) is 33.2 Å². The van der Waals surface area contributed by atoms with Gasteiger partial charge in [0.15, 0.2) is 16.6 Å². The molecule has 0 fully saturated rings. The summed E-state index contributed by atoms with van der Waals surface area (Å²) in [7, 11) is 1.56. The third kappa shape index (κ3) is 4.41. The number of furan rings is 1. The van der Waals surface area contributed by atoms with E-state index in [9.17, 15) is 9.59 Å². The molecule has 0 aliphatic rings. The fraction of sp³-hybridized carbons (Fsp3) is 0.182. The molecule has 150 valence electrons. The number of carbonyl (C=O) groups excluding carboxylic acids is 2. The van der Waals surface area contributed by atoms with E-state index in [1.807, 2.05) is 24.3 Å². The van der Waals surface area contributed by atoms with Crippen LogP contribution in [0.2, 0.25) is 0 Å². The number of ether oxygens (including phenoxy) is 2. The lowest BCUT2D eigenvalue weighted by Gasteiger charge is -2.07. The fourth-order valence-corrected chi connectivity index (χ4v) is 3.68. The molecule has 0 spiro atoms. The Balaban J connectivity index is 2.19. The van der Waals surface area contributed by atoms with E-state index in [4.69, 9.17) is 13.9 Å². The molecule has 1 heterocycles. The minimum atomic E-state index is -0.591. The Morgan fingerprint density at radius 1 is 1.03 bits per heavy atom. The van der Waals surface area contributed by atoms with Crippen molar-refractivity contribution in [2.45, 2.75) is 12.0 Å². The van der Waals surface area contributed by atoms with Crippen LogP contribution in [-0.2, 0) is 4.74 Å². The smallest absolute Gasteiger partial charge is 0.342 e. The van der Waals surface area contributed by atoms with Gasteiger partial charge in [0.05, 0.1) is 19.3 Å². The number of esters is 1. The highest BCUT2D eigenvalue weighted by molar-refractivity contribution is 9.10. The largest absolute Gasteiger partial charge is 0.497 e. The molecule has 0 aliphatic carbocycles. The highest BCUT2D eigenvalue weighted by Gasteiger charge is 2.32. The first-order chi connectivity index (χ1) is 14.0. The first kappa shape index (κ1) is 21.2. The van der Waals surface area contributed by atoms with Crippen LogP contribution < -0.4 is 4.74 Å². The van der Waals surface area contributed by atoms with Gasteiger partial charge in [-0.25, -0.2) is 4.79 Å². The molecule has 0 bridgehead atoms. The van der Waals surface area contributed by atoms with Crippen LogP contribution in [0, 0.1) is 0 Å². The van der Waals surface area contributed by atoms with Gasteiger partial charge >= 0.3 is 5.97 Å². The van der Waals surface area contributed by atoms with E-state index in [2.05, 4.69) is 15.9 Å². The van der Waals surface area contributed by atoms with Crippen LogP contribution in [0.25, 0.3) is 11.3 Å². The first-order valence-electron chi connectivity index (χ1n) is 8.82. The van der Waals surface area contributed by atoms with Crippen LogP contribution in [0.4, 0.5) is 0 Å². The van der Waals surface area contributed by atoms with Crippen molar-refractivity contribution in [3.8, 4) is 17.1 Å². The lowest BCUT2D eigenvalue weighted by molar-refractivity contribution is 0.0524. The number of hydrogen-bond donors (Lipinski definition) is 0. The summed E-state index contributed by atoms with van der Waals surface area (Å²) in [4.78, 5) is 26.1. The van der Waals surface area contributed by atoms with Gasteiger partial charge in [-0.05, 0) is 49.6 Å². The quantitative estimate of drug-likeness (QED) is 0.243. The van der Waals surface area contributed by atoms with Crippen molar-refractivity contribution in [3.63, 3.8) is 0 Å². The Kier molecular flexibility index (Phi) is 6.82. The summed E-state index contributed by atoms with van der Waals surface area (Å²) in [5, 5.41) is 0.367. The Hall–Kier alpha value is -2.51. The normalized spacial score (nSPS) is 10.6. The van der Waals surface area contributed by atoms with Crippen LogP contribution in [-0.4, -0.2) is 31.7 Å². The van der Waals surface area contributed by atoms with Gasteiger partial charge in [-0.3, -0.25) is 4.79 Å². The monoisotopic (exact) mass is 474 g/mol. The van der Waals surface area contributed by atoms with Gasteiger partial charge in [0.2, 0.25) is 0 Å². The average molecular weight is 475 g/mol. The van der Waals surface area contributed by atoms with Gasteiger partial charge in [-0.2, -0.15) is 0 Å². The summed E-state index contributed by atoms with van der Waals surface area (Å²) in [6.07, 6.45) is 1.80. The van der Waals surface area contributed by atoms with E-state index < -0.39 is 5.97 Å².